The summed E-state index contributed by atoms with van der Waals surface area (Å²) in [5.41, 5.74) is 0.956. The van der Waals surface area contributed by atoms with Gasteiger partial charge in [-0.2, -0.15) is 8.42 Å². The van der Waals surface area contributed by atoms with Crippen LogP contribution in [0.5, 0.6) is 0 Å². The molecule has 1 aromatic carbocycles. The van der Waals surface area contributed by atoms with Crippen molar-refractivity contribution >= 4 is 16.1 Å². The van der Waals surface area contributed by atoms with E-state index in [1.54, 1.807) is 12.1 Å². The van der Waals surface area contributed by atoms with Gasteiger partial charge < -0.3 is 5.11 Å². The maximum Gasteiger partial charge on any atom is 0.306 e. The average Bonchev–Trinajstić information content (AvgIpc) is 2.40. The molecule has 0 fully saturated rings. The summed E-state index contributed by atoms with van der Waals surface area (Å²) in [6, 6.07) is 5.99. The molecule has 2 N–H and O–H groups in total. The molecule has 110 valence electrons. The van der Waals surface area contributed by atoms with Gasteiger partial charge in [0, 0.05) is 0 Å². The Kier molecular flexibility index (Phi) is 5.91. The summed E-state index contributed by atoms with van der Waals surface area (Å²) in [7, 11) is -4.02. The molecular weight excluding hydrogens is 280 g/mol. The standard InChI is InChI=1S/C7H8O3S.C7H10O2/c1-6-2-4-7(5-3-6)11(8,9)10;8-7(9)6-4-2-1-3-5-6/h2-5H,1H3,(H,8,9,10);1-2,6H,3-5H2,(H,8,9). The molecule has 20 heavy (non-hydrogen) atoms. The van der Waals surface area contributed by atoms with E-state index in [1.165, 1.54) is 12.1 Å². The molecule has 1 aliphatic carbocycles. The Morgan fingerprint density at radius 2 is 1.80 bits per heavy atom. The van der Waals surface area contributed by atoms with Crippen LogP contribution in [0.3, 0.4) is 0 Å². The van der Waals surface area contributed by atoms with Gasteiger partial charge in [0.1, 0.15) is 0 Å². The smallest absolute Gasteiger partial charge is 0.306 e. The monoisotopic (exact) mass is 298 g/mol. The van der Waals surface area contributed by atoms with Crippen LogP contribution in [0.4, 0.5) is 0 Å². The van der Waals surface area contributed by atoms with E-state index >= 15 is 0 Å². The quantitative estimate of drug-likeness (QED) is 0.647. The molecule has 1 atom stereocenters. The Labute approximate surface area is 118 Å². The molecule has 0 spiro atoms. The predicted molar refractivity (Wildman–Crippen MR) is 75.1 cm³/mol. The summed E-state index contributed by atoms with van der Waals surface area (Å²) < 4.78 is 29.6. The van der Waals surface area contributed by atoms with E-state index in [0.29, 0.717) is 0 Å². The maximum atomic E-state index is 10.5. The summed E-state index contributed by atoms with van der Waals surface area (Å²) >= 11 is 0. The van der Waals surface area contributed by atoms with Gasteiger partial charge in [-0.15, -0.1) is 0 Å². The number of rotatable bonds is 2. The van der Waals surface area contributed by atoms with Crippen LogP contribution >= 0.6 is 0 Å². The molecular formula is C14H18O5S. The summed E-state index contributed by atoms with van der Waals surface area (Å²) in [4.78, 5) is 10.3. The predicted octanol–water partition coefficient (Wildman–Crippen LogP) is 2.67. The van der Waals surface area contributed by atoms with Crippen LogP contribution in [-0.2, 0) is 14.9 Å². The van der Waals surface area contributed by atoms with Gasteiger partial charge in [-0.25, -0.2) is 0 Å². The number of carboxylic acids is 1. The number of aryl methyl sites for hydroxylation is 1. The van der Waals surface area contributed by atoms with E-state index in [1.807, 2.05) is 19.1 Å². The lowest BCUT2D eigenvalue weighted by atomic mass is 9.95. The highest BCUT2D eigenvalue weighted by atomic mass is 32.2. The van der Waals surface area contributed by atoms with Crippen molar-refractivity contribution in [3.8, 4) is 0 Å². The molecule has 1 unspecified atom stereocenters. The topological polar surface area (TPSA) is 91.7 Å². The van der Waals surface area contributed by atoms with Gasteiger partial charge in [0.2, 0.25) is 0 Å². The van der Waals surface area contributed by atoms with Crippen LogP contribution in [-0.4, -0.2) is 24.0 Å². The molecule has 0 aromatic heterocycles. The van der Waals surface area contributed by atoms with Crippen molar-refractivity contribution in [1.82, 2.24) is 0 Å². The second-order valence-electron chi connectivity index (χ2n) is 4.61. The molecule has 0 radical (unpaired) electrons. The van der Waals surface area contributed by atoms with E-state index < -0.39 is 16.1 Å². The molecule has 0 saturated heterocycles. The van der Waals surface area contributed by atoms with Crippen molar-refractivity contribution in [3.63, 3.8) is 0 Å². The van der Waals surface area contributed by atoms with Gasteiger partial charge in [-0.1, -0.05) is 29.8 Å². The third kappa shape index (κ3) is 5.54. The fourth-order valence-electron chi connectivity index (χ4n) is 1.73. The molecule has 1 aromatic rings. The minimum absolute atomic E-state index is 0.0666. The minimum atomic E-state index is -4.02. The summed E-state index contributed by atoms with van der Waals surface area (Å²) in [5.74, 6) is -0.769. The first-order valence-corrected chi connectivity index (χ1v) is 7.66. The van der Waals surface area contributed by atoms with Gasteiger partial charge in [-0.05, 0) is 38.3 Å². The first-order chi connectivity index (χ1) is 9.30. The van der Waals surface area contributed by atoms with Crippen LogP contribution in [0.1, 0.15) is 24.8 Å². The molecule has 0 amide bonds. The summed E-state index contributed by atoms with van der Waals surface area (Å²) in [6.45, 7) is 1.84. The third-order valence-corrected chi connectivity index (χ3v) is 3.81. The molecule has 1 aliphatic rings. The first-order valence-electron chi connectivity index (χ1n) is 6.22. The average molecular weight is 298 g/mol. The van der Waals surface area contributed by atoms with Gasteiger partial charge in [-0.3, -0.25) is 9.35 Å². The minimum Gasteiger partial charge on any atom is -0.481 e. The lowest BCUT2D eigenvalue weighted by Crippen LogP contribution is -2.13. The van der Waals surface area contributed by atoms with Crippen LogP contribution < -0.4 is 0 Å². The molecule has 0 saturated carbocycles. The lowest BCUT2D eigenvalue weighted by Gasteiger charge is -2.11. The van der Waals surface area contributed by atoms with E-state index in [-0.39, 0.29) is 10.8 Å². The Morgan fingerprint density at radius 1 is 1.20 bits per heavy atom. The van der Waals surface area contributed by atoms with E-state index in [0.717, 1.165) is 24.8 Å². The SMILES string of the molecule is Cc1ccc(S(=O)(=O)O)cc1.O=C(O)C1CC=CCC1. The van der Waals surface area contributed by atoms with E-state index in [9.17, 15) is 13.2 Å². The van der Waals surface area contributed by atoms with Crippen molar-refractivity contribution in [2.45, 2.75) is 31.1 Å². The van der Waals surface area contributed by atoms with Crippen molar-refractivity contribution in [2.24, 2.45) is 5.92 Å². The fourth-order valence-corrected chi connectivity index (χ4v) is 2.21. The molecule has 6 heteroatoms. The number of aliphatic carboxylic acids is 1. The number of hydrogen-bond acceptors (Lipinski definition) is 3. The highest BCUT2D eigenvalue weighted by Gasteiger charge is 2.16. The fraction of sp³-hybridized carbons (Fsp3) is 0.357. The number of carboxylic acid groups (broad SMARTS) is 1. The zero-order chi connectivity index (χ0) is 15.2. The third-order valence-electron chi connectivity index (χ3n) is 2.94. The van der Waals surface area contributed by atoms with Gasteiger partial charge in [0.05, 0.1) is 10.8 Å². The number of benzene rings is 1. The second-order valence-corrected chi connectivity index (χ2v) is 6.03. The molecule has 5 nitrogen and oxygen atoms in total. The summed E-state index contributed by atoms with van der Waals surface area (Å²) in [5, 5.41) is 8.50. The molecule has 2 rings (SSSR count). The highest BCUT2D eigenvalue weighted by molar-refractivity contribution is 7.85. The van der Waals surface area contributed by atoms with Gasteiger partial charge >= 0.3 is 5.97 Å². The van der Waals surface area contributed by atoms with Crippen molar-refractivity contribution < 1.29 is 22.9 Å². The number of carbonyl (C=O) groups is 1. The Morgan fingerprint density at radius 3 is 2.15 bits per heavy atom. The van der Waals surface area contributed by atoms with Crippen molar-refractivity contribution in [1.29, 1.82) is 0 Å². The summed E-state index contributed by atoms with van der Waals surface area (Å²) in [6.07, 6.45) is 6.44. The number of hydrogen-bond donors (Lipinski definition) is 2. The highest BCUT2D eigenvalue weighted by Crippen LogP contribution is 2.17. The Hall–Kier alpha value is -1.66. The van der Waals surface area contributed by atoms with Crippen molar-refractivity contribution in [3.05, 3.63) is 42.0 Å². The van der Waals surface area contributed by atoms with Crippen LogP contribution in [0.15, 0.2) is 41.3 Å². The zero-order valence-corrected chi connectivity index (χ0v) is 12.0. The Bertz CT molecular complexity index is 572. The van der Waals surface area contributed by atoms with Crippen LogP contribution in [0.2, 0.25) is 0 Å². The lowest BCUT2D eigenvalue weighted by molar-refractivity contribution is -0.141. The largest absolute Gasteiger partial charge is 0.481 e. The zero-order valence-electron chi connectivity index (χ0n) is 11.2. The van der Waals surface area contributed by atoms with Crippen LogP contribution in [0, 0.1) is 12.8 Å². The first kappa shape index (κ1) is 16.4. The second kappa shape index (κ2) is 7.21. The molecule has 0 aliphatic heterocycles. The van der Waals surface area contributed by atoms with Gasteiger partial charge in [0.25, 0.3) is 10.1 Å². The number of allylic oxidation sites excluding steroid dienone is 2. The Balaban J connectivity index is 0.000000204. The van der Waals surface area contributed by atoms with E-state index in [2.05, 4.69) is 0 Å². The molecule has 0 bridgehead atoms. The van der Waals surface area contributed by atoms with Gasteiger partial charge in [0.15, 0.2) is 0 Å². The van der Waals surface area contributed by atoms with Crippen LogP contribution in [0.25, 0.3) is 0 Å². The van der Waals surface area contributed by atoms with E-state index in [4.69, 9.17) is 9.66 Å². The van der Waals surface area contributed by atoms with Crippen molar-refractivity contribution in [2.75, 3.05) is 0 Å². The normalized spacial score (nSPS) is 18.0. The molecule has 0 heterocycles. The maximum absolute atomic E-state index is 10.5.